The fourth-order valence-electron chi connectivity index (χ4n) is 2.37. The minimum atomic E-state index is 0.750. The third kappa shape index (κ3) is 1.36. The molecule has 78 valence electrons. The van der Waals surface area contributed by atoms with Gasteiger partial charge < -0.3 is 4.40 Å². The van der Waals surface area contributed by atoms with Crippen LogP contribution in [-0.4, -0.2) is 9.38 Å². The molecule has 0 N–H and O–H groups in total. The van der Waals surface area contributed by atoms with Gasteiger partial charge in [0.25, 0.3) is 0 Å². The lowest BCUT2D eigenvalue weighted by molar-refractivity contribution is 0.489. The van der Waals surface area contributed by atoms with E-state index in [0.29, 0.717) is 0 Å². The molecule has 0 amide bonds. The lowest BCUT2D eigenvalue weighted by Crippen LogP contribution is -2.11. The fourth-order valence-corrected chi connectivity index (χ4v) is 2.58. The van der Waals surface area contributed by atoms with E-state index in [2.05, 4.69) is 22.5 Å². The quantitative estimate of drug-likeness (QED) is 0.667. The zero-order chi connectivity index (χ0) is 10.4. The molecule has 0 spiro atoms. The minimum absolute atomic E-state index is 0.750. The molecule has 15 heavy (non-hydrogen) atoms. The Morgan fingerprint density at radius 2 is 2.40 bits per heavy atom. The number of hydrogen-bond donors (Lipinski definition) is 0. The predicted octanol–water partition coefficient (Wildman–Crippen LogP) is 3.11. The van der Waals surface area contributed by atoms with Gasteiger partial charge in [0.05, 0.1) is 10.7 Å². The van der Waals surface area contributed by atoms with Crippen LogP contribution in [0.1, 0.15) is 24.7 Å². The molecule has 2 heterocycles. The molecule has 1 aliphatic carbocycles. The molecule has 0 bridgehead atoms. The van der Waals surface area contributed by atoms with Crippen molar-refractivity contribution in [2.24, 2.45) is 5.92 Å². The van der Waals surface area contributed by atoms with Crippen molar-refractivity contribution in [3.63, 3.8) is 0 Å². The first-order chi connectivity index (χ1) is 7.25. The summed E-state index contributed by atoms with van der Waals surface area (Å²) in [7, 11) is 0. The summed E-state index contributed by atoms with van der Waals surface area (Å²) in [5.41, 5.74) is 3.51. The van der Waals surface area contributed by atoms with Crippen molar-refractivity contribution in [3.8, 4) is 0 Å². The van der Waals surface area contributed by atoms with Gasteiger partial charge in [-0.15, -0.1) is 0 Å². The Morgan fingerprint density at radius 1 is 1.53 bits per heavy atom. The summed E-state index contributed by atoms with van der Waals surface area (Å²) < 4.78 is 2.14. The fraction of sp³-hybridized carbons (Fsp3) is 0.417. The maximum atomic E-state index is 6.13. The highest BCUT2D eigenvalue weighted by atomic mass is 35.5. The molecule has 3 rings (SSSR count). The normalized spacial score (nSPS) is 20.5. The molecule has 0 saturated heterocycles. The van der Waals surface area contributed by atoms with E-state index in [1.807, 2.05) is 12.1 Å². The molecular weight excluding hydrogens is 208 g/mol. The van der Waals surface area contributed by atoms with Crippen LogP contribution >= 0.6 is 11.6 Å². The number of fused-ring (bicyclic) bond motifs is 3. The standard InChI is InChI=1S/C12H13ClN2/c1-8-4-5-11-10(7-8)14-12-9(13)3-2-6-15(11)12/h2-3,6,8H,4-5,7H2,1H3. The van der Waals surface area contributed by atoms with Crippen molar-refractivity contribution in [1.29, 1.82) is 0 Å². The molecule has 2 aromatic heterocycles. The third-order valence-corrected chi connectivity index (χ3v) is 3.50. The van der Waals surface area contributed by atoms with E-state index in [1.165, 1.54) is 17.8 Å². The Kier molecular flexibility index (Phi) is 1.99. The molecule has 0 aliphatic heterocycles. The lowest BCUT2D eigenvalue weighted by Gasteiger charge is -2.16. The van der Waals surface area contributed by atoms with Crippen molar-refractivity contribution in [2.75, 3.05) is 0 Å². The van der Waals surface area contributed by atoms with E-state index in [9.17, 15) is 0 Å². The summed E-state index contributed by atoms with van der Waals surface area (Å²) in [6.07, 6.45) is 5.53. The molecule has 1 unspecified atom stereocenters. The number of aromatic nitrogens is 2. The summed E-state index contributed by atoms with van der Waals surface area (Å²) >= 11 is 6.13. The summed E-state index contributed by atoms with van der Waals surface area (Å²) in [4.78, 5) is 4.63. The highest BCUT2D eigenvalue weighted by Gasteiger charge is 2.20. The summed E-state index contributed by atoms with van der Waals surface area (Å²) in [6, 6.07) is 3.88. The summed E-state index contributed by atoms with van der Waals surface area (Å²) in [6.45, 7) is 2.29. The smallest absolute Gasteiger partial charge is 0.156 e. The van der Waals surface area contributed by atoms with Crippen LogP contribution in [0.25, 0.3) is 5.65 Å². The molecule has 0 saturated carbocycles. The zero-order valence-corrected chi connectivity index (χ0v) is 9.46. The zero-order valence-electron chi connectivity index (χ0n) is 8.70. The van der Waals surface area contributed by atoms with Crippen LogP contribution in [0.2, 0.25) is 5.02 Å². The Bertz CT molecular complexity index is 516. The van der Waals surface area contributed by atoms with E-state index in [-0.39, 0.29) is 0 Å². The van der Waals surface area contributed by atoms with Crippen LogP contribution in [0.5, 0.6) is 0 Å². The van der Waals surface area contributed by atoms with Gasteiger partial charge in [-0.05, 0) is 37.3 Å². The molecule has 2 aromatic rings. The van der Waals surface area contributed by atoms with E-state index in [1.54, 1.807) is 0 Å². The highest BCUT2D eigenvalue weighted by Crippen LogP contribution is 2.28. The van der Waals surface area contributed by atoms with Crippen LogP contribution in [-0.2, 0) is 12.8 Å². The molecule has 0 aromatic carbocycles. The predicted molar refractivity (Wildman–Crippen MR) is 61.4 cm³/mol. The van der Waals surface area contributed by atoms with E-state index in [4.69, 9.17) is 11.6 Å². The topological polar surface area (TPSA) is 17.3 Å². The van der Waals surface area contributed by atoms with Gasteiger partial charge in [0.1, 0.15) is 0 Å². The number of halogens is 1. The van der Waals surface area contributed by atoms with Gasteiger partial charge in [0.2, 0.25) is 0 Å². The highest BCUT2D eigenvalue weighted by molar-refractivity contribution is 6.33. The van der Waals surface area contributed by atoms with E-state index >= 15 is 0 Å². The van der Waals surface area contributed by atoms with Crippen LogP contribution in [0.15, 0.2) is 18.3 Å². The van der Waals surface area contributed by atoms with Gasteiger partial charge in [-0.25, -0.2) is 4.98 Å². The van der Waals surface area contributed by atoms with E-state index < -0.39 is 0 Å². The van der Waals surface area contributed by atoms with Crippen molar-refractivity contribution in [1.82, 2.24) is 9.38 Å². The van der Waals surface area contributed by atoms with Crippen LogP contribution < -0.4 is 0 Å². The molecular formula is C12H13ClN2. The number of pyridine rings is 1. The van der Waals surface area contributed by atoms with Crippen LogP contribution in [0.3, 0.4) is 0 Å². The minimum Gasteiger partial charge on any atom is -0.303 e. The number of aryl methyl sites for hydroxylation is 1. The first kappa shape index (κ1) is 9.22. The first-order valence-corrected chi connectivity index (χ1v) is 5.78. The van der Waals surface area contributed by atoms with Gasteiger partial charge >= 0.3 is 0 Å². The summed E-state index contributed by atoms with van der Waals surface area (Å²) in [5.74, 6) is 0.751. The number of hydrogen-bond acceptors (Lipinski definition) is 1. The largest absolute Gasteiger partial charge is 0.303 e. The second-order valence-electron chi connectivity index (χ2n) is 4.40. The van der Waals surface area contributed by atoms with Gasteiger partial charge in [-0.3, -0.25) is 0 Å². The van der Waals surface area contributed by atoms with Gasteiger partial charge in [0.15, 0.2) is 5.65 Å². The Morgan fingerprint density at radius 3 is 3.27 bits per heavy atom. The van der Waals surface area contributed by atoms with Gasteiger partial charge in [0, 0.05) is 11.9 Å². The van der Waals surface area contributed by atoms with Gasteiger partial charge in [-0.2, -0.15) is 0 Å². The second-order valence-corrected chi connectivity index (χ2v) is 4.81. The van der Waals surface area contributed by atoms with Crippen molar-refractivity contribution in [2.45, 2.75) is 26.2 Å². The lowest BCUT2D eigenvalue weighted by atomic mass is 9.91. The van der Waals surface area contributed by atoms with Gasteiger partial charge in [-0.1, -0.05) is 18.5 Å². The molecule has 3 heteroatoms. The maximum Gasteiger partial charge on any atom is 0.156 e. The summed E-state index contributed by atoms with van der Waals surface area (Å²) in [5, 5.41) is 0.750. The molecule has 1 atom stereocenters. The average molecular weight is 221 g/mol. The Hall–Kier alpha value is -1.02. The Labute approximate surface area is 93.9 Å². The SMILES string of the molecule is CC1CCc2c(nc3c(Cl)cccn23)C1. The van der Waals surface area contributed by atoms with Crippen molar-refractivity contribution >= 4 is 17.2 Å². The van der Waals surface area contributed by atoms with Crippen molar-refractivity contribution in [3.05, 3.63) is 34.7 Å². The number of rotatable bonds is 0. The Balaban J connectivity index is 2.27. The van der Waals surface area contributed by atoms with Crippen molar-refractivity contribution < 1.29 is 0 Å². The van der Waals surface area contributed by atoms with Crippen LogP contribution in [0, 0.1) is 5.92 Å². The molecule has 1 aliphatic rings. The number of nitrogens with zero attached hydrogens (tertiary/aromatic N) is 2. The number of imidazole rings is 1. The monoisotopic (exact) mass is 220 g/mol. The average Bonchev–Trinajstić information content (AvgIpc) is 2.57. The van der Waals surface area contributed by atoms with E-state index in [0.717, 1.165) is 29.4 Å². The first-order valence-electron chi connectivity index (χ1n) is 5.40. The molecule has 0 fully saturated rings. The molecule has 0 radical (unpaired) electrons. The molecule has 2 nitrogen and oxygen atoms in total. The second kappa shape index (κ2) is 3.24. The van der Waals surface area contributed by atoms with Crippen LogP contribution in [0.4, 0.5) is 0 Å². The third-order valence-electron chi connectivity index (χ3n) is 3.20. The maximum absolute atomic E-state index is 6.13.